The minimum atomic E-state index is 0.417. The number of hydrogen-bond acceptors (Lipinski definition) is 2. The Bertz CT molecular complexity index is 358. The second-order valence-electron chi connectivity index (χ2n) is 4.66. The second-order valence-corrected chi connectivity index (χ2v) is 4.66. The van der Waals surface area contributed by atoms with Crippen molar-refractivity contribution in [2.24, 2.45) is 5.73 Å². The van der Waals surface area contributed by atoms with E-state index in [2.05, 4.69) is 43.9 Å². The molecule has 82 valence electrons. The van der Waals surface area contributed by atoms with Crippen molar-refractivity contribution < 1.29 is 0 Å². The predicted octanol–water partition coefficient (Wildman–Crippen LogP) is 2.22. The summed E-state index contributed by atoms with van der Waals surface area (Å²) in [4.78, 5) is 2.48. The Balaban J connectivity index is 2.41. The SMILES string of the molecule is Cc1cccc2c1CN(C(C)C)C2CN. The van der Waals surface area contributed by atoms with Crippen LogP contribution in [0, 0.1) is 6.92 Å². The molecule has 0 bridgehead atoms. The molecule has 0 fully saturated rings. The van der Waals surface area contributed by atoms with Gasteiger partial charge in [0.1, 0.15) is 0 Å². The van der Waals surface area contributed by atoms with E-state index in [1.807, 2.05) is 0 Å². The summed E-state index contributed by atoms with van der Waals surface area (Å²) in [5.41, 5.74) is 10.2. The van der Waals surface area contributed by atoms with E-state index in [9.17, 15) is 0 Å². The highest BCUT2D eigenvalue weighted by atomic mass is 15.2. The van der Waals surface area contributed by atoms with Crippen LogP contribution in [-0.4, -0.2) is 17.5 Å². The molecule has 0 radical (unpaired) electrons. The zero-order valence-corrected chi connectivity index (χ0v) is 9.83. The van der Waals surface area contributed by atoms with Gasteiger partial charge in [-0.3, -0.25) is 4.90 Å². The topological polar surface area (TPSA) is 29.3 Å². The molecule has 0 amide bonds. The lowest BCUT2D eigenvalue weighted by Crippen LogP contribution is -2.33. The van der Waals surface area contributed by atoms with Gasteiger partial charge >= 0.3 is 0 Å². The Morgan fingerprint density at radius 3 is 2.80 bits per heavy atom. The van der Waals surface area contributed by atoms with Gasteiger partial charge in [0.15, 0.2) is 0 Å². The number of hydrogen-bond donors (Lipinski definition) is 1. The van der Waals surface area contributed by atoms with E-state index >= 15 is 0 Å². The van der Waals surface area contributed by atoms with Crippen LogP contribution in [0.15, 0.2) is 18.2 Å². The van der Waals surface area contributed by atoms with Gasteiger partial charge in [0.25, 0.3) is 0 Å². The third-order valence-corrected chi connectivity index (χ3v) is 3.43. The first-order valence-corrected chi connectivity index (χ1v) is 5.69. The van der Waals surface area contributed by atoms with Crippen molar-refractivity contribution >= 4 is 0 Å². The summed E-state index contributed by atoms with van der Waals surface area (Å²) < 4.78 is 0. The van der Waals surface area contributed by atoms with Crippen molar-refractivity contribution in [1.29, 1.82) is 0 Å². The van der Waals surface area contributed by atoms with Crippen LogP contribution in [0.3, 0.4) is 0 Å². The lowest BCUT2D eigenvalue weighted by Gasteiger charge is -2.27. The third-order valence-electron chi connectivity index (χ3n) is 3.43. The molecule has 2 rings (SSSR count). The van der Waals surface area contributed by atoms with Gasteiger partial charge in [0.05, 0.1) is 0 Å². The zero-order valence-electron chi connectivity index (χ0n) is 9.83. The fraction of sp³-hybridized carbons (Fsp3) is 0.538. The van der Waals surface area contributed by atoms with Gasteiger partial charge < -0.3 is 5.73 Å². The molecule has 0 spiro atoms. The summed E-state index contributed by atoms with van der Waals surface area (Å²) in [6.07, 6.45) is 0. The maximum absolute atomic E-state index is 5.89. The minimum absolute atomic E-state index is 0.417. The Hall–Kier alpha value is -0.860. The Kier molecular flexibility index (Phi) is 2.81. The van der Waals surface area contributed by atoms with Crippen molar-refractivity contribution in [3.05, 3.63) is 34.9 Å². The van der Waals surface area contributed by atoms with E-state index in [1.54, 1.807) is 0 Å². The van der Waals surface area contributed by atoms with E-state index in [0.717, 1.165) is 6.54 Å². The fourth-order valence-electron chi connectivity index (χ4n) is 2.53. The van der Waals surface area contributed by atoms with Gasteiger partial charge in [-0.2, -0.15) is 0 Å². The first-order chi connectivity index (χ1) is 7.15. The molecule has 2 N–H and O–H groups in total. The van der Waals surface area contributed by atoms with E-state index in [0.29, 0.717) is 18.6 Å². The van der Waals surface area contributed by atoms with E-state index in [1.165, 1.54) is 16.7 Å². The zero-order chi connectivity index (χ0) is 11.0. The molecule has 1 aromatic rings. The molecular formula is C13H20N2. The van der Waals surface area contributed by atoms with Crippen LogP contribution in [0.1, 0.15) is 36.6 Å². The molecule has 1 aliphatic rings. The normalized spacial score (nSPS) is 21.0. The molecule has 0 aromatic heterocycles. The van der Waals surface area contributed by atoms with Crippen LogP contribution in [0.5, 0.6) is 0 Å². The predicted molar refractivity (Wildman–Crippen MR) is 63.7 cm³/mol. The van der Waals surface area contributed by atoms with Crippen LogP contribution in [0.25, 0.3) is 0 Å². The second kappa shape index (κ2) is 3.95. The lowest BCUT2D eigenvalue weighted by atomic mass is 10.0. The molecule has 1 unspecified atom stereocenters. The maximum atomic E-state index is 5.89. The monoisotopic (exact) mass is 204 g/mol. The van der Waals surface area contributed by atoms with E-state index in [-0.39, 0.29) is 0 Å². The molecule has 15 heavy (non-hydrogen) atoms. The maximum Gasteiger partial charge on any atom is 0.0480 e. The summed E-state index contributed by atoms with van der Waals surface area (Å²) in [5.74, 6) is 0. The lowest BCUT2D eigenvalue weighted by molar-refractivity contribution is 0.172. The van der Waals surface area contributed by atoms with Gasteiger partial charge in [-0.15, -0.1) is 0 Å². The van der Waals surface area contributed by atoms with E-state index < -0.39 is 0 Å². The van der Waals surface area contributed by atoms with Crippen LogP contribution in [-0.2, 0) is 6.54 Å². The molecule has 2 heteroatoms. The fourth-order valence-corrected chi connectivity index (χ4v) is 2.53. The Labute approximate surface area is 92.1 Å². The molecule has 0 saturated carbocycles. The average molecular weight is 204 g/mol. The van der Waals surface area contributed by atoms with Gasteiger partial charge in [0, 0.05) is 25.2 Å². The van der Waals surface area contributed by atoms with Crippen molar-refractivity contribution in [3.63, 3.8) is 0 Å². The average Bonchev–Trinajstić information content (AvgIpc) is 2.57. The van der Waals surface area contributed by atoms with E-state index in [4.69, 9.17) is 5.73 Å². The van der Waals surface area contributed by atoms with Crippen LogP contribution in [0.4, 0.5) is 0 Å². The summed E-state index contributed by atoms with van der Waals surface area (Å²) in [7, 11) is 0. The smallest absolute Gasteiger partial charge is 0.0480 e. The highest BCUT2D eigenvalue weighted by Crippen LogP contribution is 2.35. The summed E-state index contributed by atoms with van der Waals surface area (Å²) in [6.45, 7) is 8.44. The summed E-state index contributed by atoms with van der Waals surface area (Å²) in [5, 5.41) is 0. The molecule has 0 saturated heterocycles. The Morgan fingerprint density at radius 2 is 2.20 bits per heavy atom. The first kappa shape index (κ1) is 10.7. The first-order valence-electron chi connectivity index (χ1n) is 5.69. The molecule has 1 aliphatic heterocycles. The van der Waals surface area contributed by atoms with Crippen molar-refractivity contribution in [3.8, 4) is 0 Å². The highest BCUT2D eigenvalue weighted by molar-refractivity contribution is 5.40. The highest BCUT2D eigenvalue weighted by Gasteiger charge is 2.31. The molecule has 1 heterocycles. The molecule has 1 aromatic carbocycles. The number of benzene rings is 1. The van der Waals surface area contributed by atoms with Crippen LogP contribution >= 0.6 is 0 Å². The minimum Gasteiger partial charge on any atom is -0.329 e. The number of nitrogens with zero attached hydrogens (tertiary/aromatic N) is 1. The van der Waals surface area contributed by atoms with Gasteiger partial charge in [0.2, 0.25) is 0 Å². The molecule has 0 aliphatic carbocycles. The van der Waals surface area contributed by atoms with Gasteiger partial charge in [-0.05, 0) is 37.5 Å². The van der Waals surface area contributed by atoms with Crippen LogP contribution < -0.4 is 5.73 Å². The third kappa shape index (κ3) is 1.68. The molecule has 2 nitrogen and oxygen atoms in total. The van der Waals surface area contributed by atoms with Crippen molar-refractivity contribution in [1.82, 2.24) is 4.90 Å². The number of nitrogens with two attached hydrogens (primary N) is 1. The number of aryl methyl sites for hydroxylation is 1. The molecule has 1 atom stereocenters. The summed E-state index contributed by atoms with van der Waals surface area (Å²) in [6, 6.07) is 7.53. The molecular weight excluding hydrogens is 184 g/mol. The van der Waals surface area contributed by atoms with Crippen molar-refractivity contribution in [2.75, 3.05) is 6.54 Å². The van der Waals surface area contributed by atoms with Crippen molar-refractivity contribution in [2.45, 2.75) is 39.4 Å². The van der Waals surface area contributed by atoms with Crippen LogP contribution in [0.2, 0.25) is 0 Å². The number of fused-ring (bicyclic) bond motifs is 1. The number of rotatable bonds is 2. The standard InChI is InChI=1S/C13H20N2/c1-9(2)15-8-12-10(3)5-4-6-11(12)13(15)7-14/h4-6,9,13H,7-8,14H2,1-3H3. The van der Waals surface area contributed by atoms with Gasteiger partial charge in [-0.25, -0.2) is 0 Å². The van der Waals surface area contributed by atoms with Gasteiger partial charge in [-0.1, -0.05) is 18.2 Å². The quantitative estimate of drug-likeness (QED) is 0.800. The Morgan fingerprint density at radius 1 is 1.47 bits per heavy atom. The summed E-state index contributed by atoms with van der Waals surface area (Å²) >= 11 is 0. The largest absolute Gasteiger partial charge is 0.329 e.